The quantitative estimate of drug-likeness (QED) is 0.884. The molecule has 0 aromatic heterocycles. The van der Waals surface area contributed by atoms with Crippen LogP contribution in [0.2, 0.25) is 0 Å². The zero-order chi connectivity index (χ0) is 17.3. The van der Waals surface area contributed by atoms with Gasteiger partial charge in [0.1, 0.15) is 0 Å². The Balaban J connectivity index is 1.90. The van der Waals surface area contributed by atoms with Crippen LogP contribution in [0.5, 0.6) is 0 Å². The molecule has 6 heteroatoms. The molecular formula is C18H27N3O2S. The minimum Gasteiger partial charge on any atom is -0.324 e. The van der Waals surface area contributed by atoms with Crippen molar-refractivity contribution in [3.63, 3.8) is 0 Å². The van der Waals surface area contributed by atoms with Gasteiger partial charge in [-0.15, -0.1) is 0 Å². The topological polar surface area (TPSA) is 66.6 Å². The van der Waals surface area contributed by atoms with Crippen molar-refractivity contribution in [1.29, 1.82) is 0 Å². The van der Waals surface area contributed by atoms with Gasteiger partial charge in [-0.05, 0) is 56.0 Å². The molecule has 2 aliphatic rings. The van der Waals surface area contributed by atoms with E-state index < -0.39 is 10.0 Å². The van der Waals surface area contributed by atoms with Crippen LogP contribution in [0.25, 0.3) is 6.08 Å². The lowest BCUT2D eigenvalue weighted by Crippen LogP contribution is -2.47. The Morgan fingerprint density at radius 2 is 1.88 bits per heavy atom. The fraction of sp³-hybridized carbons (Fsp3) is 0.556. The number of hydrogen-bond donors (Lipinski definition) is 1. The maximum atomic E-state index is 12.9. The highest BCUT2D eigenvalue weighted by molar-refractivity contribution is 7.89. The van der Waals surface area contributed by atoms with Crippen LogP contribution in [0.1, 0.15) is 36.9 Å². The minimum absolute atomic E-state index is 0.121. The molecular weight excluding hydrogens is 322 g/mol. The van der Waals surface area contributed by atoms with Crippen molar-refractivity contribution in [2.24, 2.45) is 11.7 Å². The van der Waals surface area contributed by atoms with Crippen LogP contribution < -0.4 is 5.73 Å². The van der Waals surface area contributed by atoms with Gasteiger partial charge in [0, 0.05) is 32.2 Å². The maximum absolute atomic E-state index is 12.9. The number of hydrogen-bond acceptors (Lipinski definition) is 4. The van der Waals surface area contributed by atoms with Crippen molar-refractivity contribution >= 4 is 16.1 Å². The smallest absolute Gasteiger partial charge is 0.243 e. The Morgan fingerprint density at radius 1 is 1.21 bits per heavy atom. The van der Waals surface area contributed by atoms with Crippen LogP contribution in [0.3, 0.4) is 0 Å². The largest absolute Gasteiger partial charge is 0.324 e. The summed E-state index contributed by atoms with van der Waals surface area (Å²) in [5, 5.41) is 0. The third kappa shape index (κ3) is 3.88. The Bertz CT molecular complexity index is 716. The van der Waals surface area contributed by atoms with E-state index in [4.69, 9.17) is 5.73 Å². The summed E-state index contributed by atoms with van der Waals surface area (Å²) >= 11 is 0. The molecule has 0 spiro atoms. The van der Waals surface area contributed by atoms with Gasteiger partial charge in [-0.25, -0.2) is 8.42 Å². The van der Waals surface area contributed by atoms with Gasteiger partial charge in [0.15, 0.2) is 0 Å². The maximum Gasteiger partial charge on any atom is 0.243 e. The lowest BCUT2D eigenvalue weighted by molar-refractivity contribution is 0.222. The molecule has 0 unspecified atom stereocenters. The van der Waals surface area contributed by atoms with E-state index in [1.54, 1.807) is 16.4 Å². The van der Waals surface area contributed by atoms with Crippen molar-refractivity contribution in [2.45, 2.75) is 30.7 Å². The first kappa shape index (κ1) is 17.6. The average molecular weight is 350 g/mol. The molecule has 132 valence electrons. The monoisotopic (exact) mass is 349 g/mol. The summed E-state index contributed by atoms with van der Waals surface area (Å²) in [6.07, 6.45) is 6.67. The summed E-state index contributed by atoms with van der Waals surface area (Å²) in [6.45, 7) is 4.55. The number of sulfonamides is 1. The molecule has 0 bridgehead atoms. The molecule has 5 nitrogen and oxygen atoms in total. The summed E-state index contributed by atoms with van der Waals surface area (Å²) in [4.78, 5) is 2.52. The van der Waals surface area contributed by atoms with Gasteiger partial charge in [0.25, 0.3) is 0 Å². The SMILES string of the molecule is C[C@@H](N)c1ccc(S(=O)(=O)N2CCN(C)CC2)cc1/C=C/C1CC1. The van der Waals surface area contributed by atoms with Gasteiger partial charge in [-0.1, -0.05) is 18.2 Å². The number of benzene rings is 1. The highest BCUT2D eigenvalue weighted by Crippen LogP contribution is 2.32. The second kappa shape index (κ2) is 6.96. The number of rotatable bonds is 5. The van der Waals surface area contributed by atoms with Gasteiger partial charge < -0.3 is 10.6 Å². The zero-order valence-corrected chi connectivity index (χ0v) is 15.3. The van der Waals surface area contributed by atoms with Gasteiger partial charge in [-0.3, -0.25) is 0 Å². The van der Waals surface area contributed by atoms with Gasteiger partial charge in [0.2, 0.25) is 10.0 Å². The first-order valence-electron chi connectivity index (χ1n) is 8.64. The number of nitrogens with zero attached hydrogens (tertiary/aromatic N) is 2. The first-order chi connectivity index (χ1) is 11.4. The van der Waals surface area contributed by atoms with Gasteiger partial charge in [-0.2, -0.15) is 4.31 Å². The van der Waals surface area contributed by atoms with E-state index in [9.17, 15) is 8.42 Å². The Kier molecular flexibility index (Phi) is 5.11. The van der Waals surface area contributed by atoms with E-state index in [0.29, 0.717) is 23.9 Å². The molecule has 1 saturated heterocycles. The predicted molar refractivity (Wildman–Crippen MR) is 97.1 cm³/mol. The molecule has 1 heterocycles. The molecule has 0 amide bonds. The number of nitrogens with two attached hydrogens (primary N) is 1. The summed E-state index contributed by atoms with van der Waals surface area (Å²) < 4.78 is 27.4. The average Bonchev–Trinajstić information content (AvgIpc) is 3.37. The van der Waals surface area contributed by atoms with Gasteiger partial charge in [0.05, 0.1) is 4.90 Å². The lowest BCUT2D eigenvalue weighted by atomic mass is 10.0. The molecule has 1 atom stereocenters. The summed E-state index contributed by atoms with van der Waals surface area (Å²) in [7, 11) is -1.43. The fourth-order valence-corrected chi connectivity index (χ4v) is 4.44. The van der Waals surface area contributed by atoms with Crippen molar-refractivity contribution < 1.29 is 8.42 Å². The van der Waals surface area contributed by atoms with Crippen molar-refractivity contribution in [3.05, 3.63) is 35.4 Å². The second-order valence-corrected chi connectivity index (χ2v) is 8.92. The predicted octanol–water partition coefficient (Wildman–Crippen LogP) is 2.07. The van der Waals surface area contributed by atoms with E-state index >= 15 is 0 Å². The highest BCUT2D eigenvalue weighted by Gasteiger charge is 2.28. The molecule has 0 radical (unpaired) electrons. The fourth-order valence-electron chi connectivity index (χ4n) is 2.98. The molecule has 1 aliphatic heterocycles. The summed E-state index contributed by atoms with van der Waals surface area (Å²) in [5.74, 6) is 0.642. The van der Waals surface area contributed by atoms with Crippen molar-refractivity contribution in [2.75, 3.05) is 33.2 Å². The third-order valence-corrected chi connectivity index (χ3v) is 6.71. The van der Waals surface area contributed by atoms with E-state index in [-0.39, 0.29) is 6.04 Å². The van der Waals surface area contributed by atoms with Crippen LogP contribution in [-0.4, -0.2) is 50.8 Å². The van der Waals surface area contributed by atoms with Crippen LogP contribution in [0, 0.1) is 5.92 Å². The van der Waals surface area contributed by atoms with Gasteiger partial charge >= 0.3 is 0 Å². The van der Waals surface area contributed by atoms with Crippen LogP contribution in [-0.2, 0) is 10.0 Å². The van der Waals surface area contributed by atoms with Crippen LogP contribution >= 0.6 is 0 Å². The lowest BCUT2D eigenvalue weighted by Gasteiger charge is -2.31. The van der Waals surface area contributed by atoms with E-state index in [0.717, 1.165) is 24.2 Å². The standard InChI is InChI=1S/C18H27N3O2S/c1-14(19)18-8-7-17(13-16(18)6-5-15-3-4-15)24(22,23)21-11-9-20(2)10-12-21/h5-8,13-15H,3-4,9-12,19H2,1-2H3/b6-5+/t14-/m1/s1. The first-order valence-corrected chi connectivity index (χ1v) is 10.1. The summed E-state index contributed by atoms with van der Waals surface area (Å²) in [6, 6.07) is 5.22. The highest BCUT2D eigenvalue weighted by atomic mass is 32.2. The minimum atomic E-state index is -3.44. The Hall–Kier alpha value is -1.21. The molecule has 2 fully saturated rings. The molecule has 1 aromatic rings. The molecule has 1 aliphatic carbocycles. The van der Waals surface area contributed by atoms with E-state index in [1.807, 2.05) is 26.1 Å². The second-order valence-electron chi connectivity index (χ2n) is 6.98. The summed E-state index contributed by atoms with van der Waals surface area (Å²) in [5.41, 5.74) is 7.97. The van der Waals surface area contributed by atoms with Crippen LogP contribution in [0.15, 0.2) is 29.2 Å². The third-order valence-electron chi connectivity index (χ3n) is 4.82. The number of allylic oxidation sites excluding steroid dienone is 1. The molecule has 24 heavy (non-hydrogen) atoms. The molecule has 2 N–H and O–H groups in total. The zero-order valence-electron chi connectivity index (χ0n) is 14.5. The van der Waals surface area contributed by atoms with Crippen molar-refractivity contribution in [1.82, 2.24) is 9.21 Å². The normalized spacial score (nSPS) is 22.1. The number of likely N-dealkylation sites (N-methyl/N-ethyl adjacent to an activating group) is 1. The molecule has 3 rings (SSSR count). The van der Waals surface area contributed by atoms with Crippen molar-refractivity contribution in [3.8, 4) is 0 Å². The Morgan fingerprint density at radius 3 is 2.46 bits per heavy atom. The van der Waals surface area contributed by atoms with E-state index in [2.05, 4.69) is 11.0 Å². The van der Waals surface area contributed by atoms with E-state index in [1.165, 1.54) is 12.8 Å². The Labute approximate surface area is 145 Å². The molecule has 1 aromatic carbocycles. The van der Waals surface area contributed by atoms with Crippen LogP contribution in [0.4, 0.5) is 0 Å². The number of piperazine rings is 1. The molecule has 1 saturated carbocycles.